The van der Waals surface area contributed by atoms with Crippen molar-refractivity contribution < 1.29 is 9.59 Å². The molecule has 5 heteroatoms. The molecule has 0 saturated heterocycles. The molecule has 2 N–H and O–H groups in total. The highest BCUT2D eigenvalue weighted by atomic mass is 35.5. The minimum Gasteiger partial charge on any atom is -0.357 e. The highest BCUT2D eigenvalue weighted by Gasteiger charge is 2.20. The van der Waals surface area contributed by atoms with E-state index in [1.165, 1.54) is 7.05 Å². The number of carbonyl (C=O) groups is 2. The number of hydrogen-bond acceptors (Lipinski definition) is 2. The van der Waals surface area contributed by atoms with Crippen molar-refractivity contribution in [1.29, 1.82) is 0 Å². The van der Waals surface area contributed by atoms with Crippen molar-refractivity contribution in [1.82, 2.24) is 10.6 Å². The molecule has 1 rings (SSSR count). The van der Waals surface area contributed by atoms with Crippen LogP contribution in [-0.4, -0.2) is 24.7 Å². The lowest BCUT2D eigenvalue weighted by Crippen LogP contribution is -2.39. The second-order valence-corrected chi connectivity index (χ2v) is 3.43. The lowest BCUT2D eigenvalue weighted by atomic mass is 10.1. The van der Waals surface area contributed by atoms with E-state index in [9.17, 15) is 9.59 Å². The van der Waals surface area contributed by atoms with Gasteiger partial charge in [-0.25, -0.2) is 0 Å². The molecule has 1 aromatic carbocycles. The Morgan fingerprint density at radius 3 is 2.44 bits per heavy atom. The fraction of sp³-hybridized carbons (Fsp3) is 0.273. The predicted molar refractivity (Wildman–Crippen MR) is 62.1 cm³/mol. The smallest absolute Gasteiger partial charge is 0.246 e. The average molecular weight is 241 g/mol. The van der Waals surface area contributed by atoms with Crippen molar-refractivity contribution in [2.45, 2.75) is 6.04 Å². The first-order valence-corrected chi connectivity index (χ1v) is 5.34. The third-order valence-corrected chi connectivity index (χ3v) is 2.31. The Balaban J connectivity index is 2.88. The van der Waals surface area contributed by atoms with E-state index in [1.807, 2.05) is 6.07 Å². The third kappa shape index (κ3) is 3.24. The predicted octanol–water partition coefficient (Wildman–Crippen LogP) is 0.829. The second-order valence-electron chi connectivity index (χ2n) is 3.16. The number of nitrogens with one attached hydrogen (secondary N) is 2. The van der Waals surface area contributed by atoms with E-state index >= 15 is 0 Å². The lowest BCUT2D eigenvalue weighted by Gasteiger charge is -2.16. The minimum atomic E-state index is -0.697. The number of amides is 2. The van der Waals surface area contributed by atoms with Crippen LogP contribution in [0.15, 0.2) is 30.3 Å². The number of hydrogen-bond donors (Lipinski definition) is 2. The SMILES string of the molecule is CNC(=O)[C@@H](NC(=O)CCl)c1ccccc1. The highest BCUT2D eigenvalue weighted by molar-refractivity contribution is 6.27. The Morgan fingerprint density at radius 2 is 1.94 bits per heavy atom. The summed E-state index contributed by atoms with van der Waals surface area (Å²) in [6.07, 6.45) is 0. The molecule has 0 fully saturated rings. The van der Waals surface area contributed by atoms with Crippen LogP contribution in [0.4, 0.5) is 0 Å². The number of benzene rings is 1. The van der Waals surface area contributed by atoms with Gasteiger partial charge in [-0.2, -0.15) is 0 Å². The Hall–Kier alpha value is -1.55. The molecule has 16 heavy (non-hydrogen) atoms. The van der Waals surface area contributed by atoms with Crippen LogP contribution >= 0.6 is 11.6 Å². The van der Waals surface area contributed by atoms with Gasteiger partial charge in [-0.15, -0.1) is 11.6 Å². The van der Waals surface area contributed by atoms with Gasteiger partial charge in [0.1, 0.15) is 11.9 Å². The summed E-state index contributed by atoms with van der Waals surface area (Å²) < 4.78 is 0. The van der Waals surface area contributed by atoms with Crippen molar-refractivity contribution in [3.63, 3.8) is 0 Å². The lowest BCUT2D eigenvalue weighted by molar-refractivity contribution is -0.127. The molecule has 1 aromatic rings. The van der Waals surface area contributed by atoms with Gasteiger partial charge in [0.05, 0.1) is 0 Å². The largest absolute Gasteiger partial charge is 0.357 e. The average Bonchev–Trinajstić information content (AvgIpc) is 2.35. The first-order chi connectivity index (χ1) is 7.69. The first-order valence-electron chi connectivity index (χ1n) is 4.81. The fourth-order valence-corrected chi connectivity index (χ4v) is 1.37. The summed E-state index contributed by atoms with van der Waals surface area (Å²) in [4.78, 5) is 22.8. The van der Waals surface area contributed by atoms with Gasteiger partial charge in [-0.1, -0.05) is 30.3 Å². The van der Waals surface area contributed by atoms with Crippen LogP contribution in [0.1, 0.15) is 11.6 Å². The molecule has 0 radical (unpaired) electrons. The second kappa shape index (κ2) is 6.12. The Labute approximate surface area is 99.0 Å². The molecular formula is C11H13ClN2O2. The van der Waals surface area contributed by atoms with Gasteiger partial charge < -0.3 is 10.6 Å². The minimum absolute atomic E-state index is 0.166. The van der Waals surface area contributed by atoms with Crippen LogP contribution in [0.5, 0.6) is 0 Å². The molecule has 0 aliphatic rings. The monoisotopic (exact) mass is 240 g/mol. The van der Waals surface area contributed by atoms with Gasteiger partial charge in [0.15, 0.2) is 0 Å². The maximum Gasteiger partial charge on any atom is 0.246 e. The Bertz CT molecular complexity index is 368. The van der Waals surface area contributed by atoms with Crippen molar-refractivity contribution in [2.24, 2.45) is 0 Å². The van der Waals surface area contributed by atoms with Crippen molar-refractivity contribution in [3.05, 3.63) is 35.9 Å². The normalized spacial score (nSPS) is 11.6. The topological polar surface area (TPSA) is 58.2 Å². The summed E-state index contributed by atoms with van der Waals surface area (Å²) in [6, 6.07) is 8.30. The van der Waals surface area contributed by atoms with E-state index in [1.54, 1.807) is 24.3 Å². The number of carbonyl (C=O) groups excluding carboxylic acids is 2. The Morgan fingerprint density at radius 1 is 1.31 bits per heavy atom. The van der Waals surface area contributed by atoms with Crippen LogP contribution in [-0.2, 0) is 9.59 Å². The summed E-state index contributed by atoms with van der Waals surface area (Å²) in [5, 5.41) is 5.05. The van der Waals surface area contributed by atoms with Gasteiger partial charge in [0.2, 0.25) is 11.8 Å². The molecule has 2 amide bonds. The summed E-state index contributed by atoms with van der Waals surface area (Å²) in [5.74, 6) is -0.816. The van der Waals surface area contributed by atoms with Gasteiger partial charge in [0.25, 0.3) is 0 Å². The molecular weight excluding hydrogens is 228 g/mol. The van der Waals surface area contributed by atoms with Crippen molar-refractivity contribution in [2.75, 3.05) is 12.9 Å². The van der Waals surface area contributed by atoms with E-state index in [0.29, 0.717) is 0 Å². The zero-order valence-electron chi connectivity index (χ0n) is 8.87. The quantitative estimate of drug-likeness (QED) is 0.766. The molecule has 0 unspecified atom stereocenters. The summed E-state index contributed by atoms with van der Waals surface area (Å²) >= 11 is 5.39. The van der Waals surface area contributed by atoms with Gasteiger partial charge >= 0.3 is 0 Å². The van der Waals surface area contributed by atoms with Crippen LogP contribution in [0.2, 0.25) is 0 Å². The molecule has 0 aliphatic heterocycles. The van der Waals surface area contributed by atoms with Crippen LogP contribution in [0.3, 0.4) is 0 Å². The maximum absolute atomic E-state index is 11.6. The number of halogens is 1. The van der Waals surface area contributed by atoms with Gasteiger partial charge in [-0.05, 0) is 5.56 Å². The van der Waals surface area contributed by atoms with Crippen LogP contribution in [0.25, 0.3) is 0 Å². The number of likely N-dealkylation sites (N-methyl/N-ethyl adjacent to an activating group) is 1. The van der Waals surface area contributed by atoms with E-state index in [2.05, 4.69) is 10.6 Å². The Kier molecular flexibility index (Phi) is 4.79. The molecule has 0 aliphatic carbocycles. The molecule has 0 bridgehead atoms. The number of rotatable bonds is 4. The molecule has 0 saturated carbocycles. The number of alkyl halides is 1. The van der Waals surface area contributed by atoms with Gasteiger partial charge in [-0.3, -0.25) is 9.59 Å². The van der Waals surface area contributed by atoms with E-state index < -0.39 is 6.04 Å². The molecule has 4 nitrogen and oxygen atoms in total. The summed E-state index contributed by atoms with van der Waals surface area (Å²) in [6.45, 7) is 0. The zero-order valence-corrected chi connectivity index (χ0v) is 9.62. The van der Waals surface area contributed by atoms with E-state index in [-0.39, 0.29) is 17.7 Å². The van der Waals surface area contributed by atoms with Crippen molar-refractivity contribution >= 4 is 23.4 Å². The maximum atomic E-state index is 11.6. The molecule has 0 heterocycles. The molecule has 1 atom stereocenters. The van der Waals surface area contributed by atoms with Crippen LogP contribution in [0, 0.1) is 0 Å². The summed E-state index contributed by atoms with van der Waals surface area (Å²) in [5.41, 5.74) is 0.723. The van der Waals surface area contributed by atoms with Crippen molar-refractivity contribution in [3.8, 4) is 0 Å². The van der Waals surface area contributed by atoms with E-state index in [4.69, 9.17) is 11.6 Å². The van der Waals surface area contributed by atoms with E-state index in [0.717, 1.165) is 5.56 Å². The van der Waals surface area contributed by atoms with Gasteiger partial charge in [0, 0.05) is 7.05 Å². The van der Waals surface area contributed by atoms with Crippen LogP contribution < -0.4 is 10.6 Å². The molecule has 0 spiro atoms. The highest BCUT2D eigenvalue weighted by Crippen LogP contribution is 2.12. The molecule has 0 aromatic heterocycles. The summed E-state index contributed by atoms with van der Waals surface area (Å²) in [7, 11) is 1.52. The third-order valence-electron chi connectivity index (χ3n) is 2.07. The standard InChI is InChI=1S/C11H13ClN2O2/c1-13-11(16)10(14-9(15)7-12)8-5-3-2-4-6-8/h2-6,10H,7H2,1H3,(H,13,16)(H,14,15)/t10-/m0/s1. The first kappa shape index (κ1) is 12.5. The zero-order chi connectivity index (χ0) is 12.0. The fourth-order valence-electron chi connectivity index (χ4n) is 1.29. The molecule has 86 valence electrons.